The Morgan fingerprint density at radius 3 is 1.29 bits per heavy atom. The van der Waals surface area contributed by atoms with Gasteiger partial charge in [-0.25, -0.2) is 4.79 Å². The molecule has 0 spiro atoms. The second-order valence-electron chi connectivity index (χ2n) is 8.09. The molecule has 0 fully saturated rings. The number of unbranched alkanes of at least 4 members (excludes halogenated alkanes) is 14. The van der Waals surface area contributed by atoms with E-state index in [4.69, 9.17) is 15.3 Å². The molecule has 0 amide bonds. The van der Waals surface area contributed by atoms with E-state index in [0.29, 0.717) is 19.8 Å². The molecule has 0 aliphatic carbocycles. The standard InChI is InChI=1S/2C11H22O.C6H10O3.Ti/c2*1-2-3-4-5-6-7-8-9-10-11-12;1-3-9-6(8)4-5(2)7;/h2*2,12H,1,3-11H2;4,7H,3H2,1-2H3;. The van der Waals surface area contributed by atoms with Gasteiger partial charge < -0.3 is 20.1 Å². The fourth-order valence-electron chi connectivity index (χ4n) is 2.92. The smallest absolute Gasteiger partial charge is 0.334 e. The van der Waals surface area contributed by atoms with E-state index in [0.717, 1.165) is 31.8 Å². The molecule has 0 aromatic carbocycles. The van der Waals surface area contributed by atoms with Gasteiger partial charge in [-0.1, -0.05) is 76.4 Å². The predicted molar refractivity (Wildman–Crippen MR) is 141 cm³/mol. The molecule has 5 nitrogen and oxygen atoms in total. The average molecular weight is 519 g/mol. The molecule has 0 aromatic rings. The van der Waals surface area contributed by atoms with Crippen molar-refractivity contribution >= 4 is 5.97 Å². The number of aliphatic hydroxyl groups is 3. The number of carbonyl (C=O) groups excluding carboxylic acids is 1. The third-order valence-corrected chi connectivity index (χ3v) is 4.75. The average Bonchev–Trinajstić information content (AvgIpc) is 2.78. The van der Waals surface area contributed by atoms with Gasteiger partial charge in [-0.15, -0.1) is 13.2 Å². The molecule has 0 aliphatic rings. The van der Waals surface area contributed by atoms with Crippen LogP contribution in [0.5, 0.6) is 0 Å². The first kappa shape index (κ1) is 40.3. The summed E-state index contributed by atoms with van der Waals surface area (Å²) in [6.45, 7) is 11.6. The zero-order valence-electron chi connectivity index (χ0n) is 22.2. The summed E-state index contributed by atoms with van der Waals surface area (Å²) in [7, 11) is 0. The van der Waals surface area contributed by atoms with Crippen molar-refractivity contribution < 1.29 is 46.6 Å². The molecular formula is C28H54O5Ti. The number of carbonyl (C=O) groups is 1. The normalized spacial score (nSPS) is 10.1. The van der Waals surface area contributed by atoms with Crippen molar-refractivity contribution in [2.45, 2.75) is 117 Å². The van der Waals surface area contributed by atoms with Crippen LogP contribution < -0.4 is 0 Å². The van der Waals surface area contributed by atoms with Crippen molar-refractivity contribution in [1.82, 2.24) is 0 Å². The van der Waals surface area contributed by atoms with Crippen LogP contribution in [0.4, 0.5) is 0 Å². The molecule has 200 valence electrons. The van der Waals surface area contributed by atoms with Crippen LogP contribution in [0.1, 0.15) is 117 Å². The van der Waals surface area contributed by atoms with Gasteiger partial charge in [-0.2, -0.15) is 0 Å². The molecule has 0 saturated heterocycles. The van der Waals surface area contributed by atoms with E-state index >= 15 is 0 Å². The number of esters is 1. The molecule has 0 saturated carbocycles. The Balaban J connectivity index is -0.000000198. The van der Waals surface area contributed by atoms with Gasteiger partial charge >= 0.3 is 5.97 Å². The number of hydrogen-bond donors (Lipinski definition) is 3. The van der Waals surface area contributed by atoms with Crippen molar-refractivity contribution in [3.8, 4) is 0 Å². The second-order valence-corrected chi connectivity index (χ2v) is 8.09. The minimum absolute atomic E-state index is 0. The summed E-state index contributed by atoms with van der Waals surface area (Å²) in [6.07, 6.45) is 24.9. The molecule has 6 heteroatoms. The van der Waals surface area contributed by atoms with Gasteiger partial charge in [0.15, 0.2) is 0 Å². The van der Waals surface area contributed by atoms with Crippen LogP contribution in [0.2, 0.25) is 0 Å². The maximum absolute atomic E-state index is 10.4. The Labute approximate surface area is 225 Å². The van der Waals surface area contributed by atoms with Crippen LogP contribution in [0.3, 0.4) is 0 Å². The molecule has 0 radical (unpaired) electrons. The van der Waals surface area contributed by atoms with E-state index in [2.05, 4.69) is 17.9 Å². The van der Waals surface area contributed by atoms with Gasteiger partial charge in [0, 0.05) is 34.9 Å². The maximum atomic E-state index is 10.4. The summed E-state index contributed by atoms with van der Waals surface area (Å²) in [5.41, 5.74) is 0. The first-order valence-electron chi connectivity index (χ1n) is 13.0. The molecule has 34 heavy (non-hydrogen) atoms. The summed E-state index contributed by atoms with van der Waals surface area (Å²) in [4.78, 5) is 10.4. The van der Waals surface area contributed by atoms with E-state index < -0.39 is 5.97 Å². The Hall–Kier alpha value is -0.876. The van der Waals surface area contributed by atoms with Crippen LogP contribution >= 0.6 is 0 Å². The topological polar surface area (TPSA) is 87.0 Å². The molecule has 0 rings (SSSR count). The van der Waals surface area contributed by atoms with E-state index in [9.17, 15) is 4.79 Å². The zero-order valence-corrected chi connectivity index (χ0v) is 23.8. The number of hydrogen-bond acceptors (Lipinski definition) is 5. The molecule has 0 heterocycles. The van der Waals surface area contributed by atoms with Gasteiger partial charge in [0.1, 0.15) is 0 Å². The minimum Gasteiger partial charge on any atom is -0.512 e. The Kier molecular flexibility index (Phi) is 46.6. The van der Waals surface area contributed by atoms with Crippen LogP contribution in [0, 0.1) is 0 Å². The largest absolute Gasteiger partial charge is 0.512 e. The van der Waals surface area contributed by atoms with E-state index in [-0.39, 0.29) is 27.5 Å². The van der Waals surface area contributed by atoms with Gasteiger partial charge in [0.2, 0.25) is 0 Å². The Bertz CT molecular complexity index is 411. The van der Waals surface area contributed by atoms with Crippen molar-refractivity contribution in [3.63, 3.8) is 0 Å². The summed E-state index contributed by atoms with van der Waals surface area (Å²) in [6, 6.07) is 0. The van der Waals surface area contributed by atoms with Crippen molar-refractivity contribution in [1.29, 1.82) is 0 Å². The van der Waals surface area contributed by atoms with Crippen molar-refractivity contribution in [3.05, 3.63) is 37.1 Å². The predicted octanol–water partition coefficient (Wildman–Crippen LogP) is 7.58. The van der Waals surface area contributed by atoms with E-state index in [1.54, 1.807) is 6.92 Å². The summed E-state index contributed by atoms with van der Waals surface area (Å²) >= 11 is 0. The Morgan fingerprint density at radius 1 is 0.706 bits per heavy atom. The first-order valence-corrected chi connectivity index (χ1v) is 13.0. The third kappa shape index (κ3) is 48.5. The monoisotopic (exact) mass is 518 g/mol. The maximum Gasteiger partial charge on any atom is 0.334 e. The van der Waals surface area contributed by atoms with Crippen LogP contribution in [-0.2, 0) is 31.2 Å². The van der Waals surface area contributed by atoms with Gasteiger partial charge in [0.05, 0.1) is 18.4 Å². The molecule has 0 bridgehead atoms. The fraction of sp³-hybridized carbons (Fsp3) is 0.750. The summed E-state index contributed by atoms with van der Waals surface area (Å²) < 4.78 is 4.48. The number of aliphatic hydroxyl groups excluding tert-OH is 3. The fourth-order valence-corrected chi connectivity index (χ4v) is 2.92. The zero-order chi connectivity index (χ0) is 25.4. The minimum atomic E-state index is -0.502. The third-order valence-electron chi connectivity index (χ3n) is 4.75. The van der Waals surface area contributed by atoms with Gasteiger partial charge in [-0.05, 0) is 52.4 Å². The molecule has 0 aromatic heterocycles. The van der Waals surface area contributed by atoms with Gasteiger partial charge in [-0.3, -0.25) is 0 Å². The molecule has 3 N–H and O–H groups in total. The number of ether oxygens (including phenoxy) is 1. The SMILES string of the molecule is C=CCCCCCCCCCO.C=CCCCCCCCCCO.CCOC(=O)C=C(C)O.[Ti]. The summed E-state index contributed by atoms with van der Waals surface area (Å²) in [5.74, 6) is -0.536. The number of allylic oxidation sites excluding steroid dienone is 3. The quantitative estimate of drug-likeness (QED) is 0.0386. The molecule has 0 unspecified atom stereocenters. The van der Waals surface area contributed by atoms with Crippen LogP contribution in [0.25, 0.3) is 0 Å². The van der Waals surface area contributed by atoms with E-state index in [1.807, 2.05) is 12.2 Å². The second kappa shape index (κ2) is 39.3. The molecule has 0 atom stereocenters. The van der Waals surface area contributed by atoms with Crippen LogP contribution in [0.15, 0.2) is 37.1 Å². The summed E-state index contributed by atoms with van der Waals surface area (Å²) in [5, 5.41) is 25.6. The first-order chi connectivity index (χ1) is 16.0. The molecule has 0 aliphatic heterocycles. The van der Waals surface area contributed by atoms with Crippen molar-refractivity contribution in [2.24, 2.45) is 0 Å². The van der Waals surface area contributed by atoms with Crippen molar-refractivity contribution in [2.75, 3.05) is 19.8 Å². The van der Waals surface area contributed by atoms with E-state index in [1.165, 1.54) is 84.0 Å². The number of rotatable bonds is 20. The van der Waals surface area contributed by atoms with Crippen LogP contribution in [-0.4, -0.2) is 41.1 Å². The van der Waals surface area contributed by atoms with Gasteiger partial charge in [0.25, 0.3) is 0 Å². The molecular weight excluding hydrogens is 464 g/mol. The Morgan fingerprint density at radius 2 is 1.03 bits per heavy atom.